The van der Waals surface area contributed by atoms with Crippen molar-refractivity contribution in [2.24, 2.45) is 7.05 Å². The highest BCUT2D eigenvalue weighted by Crippen LogP contribution is 2.21. The molecule has 1 aromatic heterocycles. The third-order valence-corrected chi connectivity index (χ3v) is 4.27. The lowest BCUT2D eigenvalue weighted by atomic mass is 10.3. The van der Waals surface area contributed by atoms with Crippen LogP contribution in [0.5, 0.6) is 5.75 Å². The maximum absolute atomic E-state index is 13.7. The van der Waals surface area contributed by atoms with E-state index in [-0.39, 0.29) is 17.2 Å². The Labute approximate surface area is 136 Å². The molecule has 0 aliphatic carbocycles. The molecule has 0 bridgehead atoms. The molecule has 23 heavy (non-hydrogen) atoms. The number of hydrogen-bond donors (Lipinski definition) is 1. The molecule has 8 heteroatoms. The smallest absolute Gasteiger partial charge is 0.262 e. The molecule has 0 spiro atoms. The highest BCUT2D eigenvalue weighted by atomic mass is 32.2. The Morgan fingerprint density at radius 3 is 2.65 bits per heavy atom. The number of aryl methyl sites for hydroxylation is 2. The molecule has 1 N–H and O–H groups in total. The number of halogens is 1. The fraction of sp³-hybridized carbons (Fsp3) is 0.333. The van der Waals surface area contributed by atoms with Gasteiger partial charge >= 0.3 is 0 Å². The van der Waals surface area contributed by atoms with Crippen LogP contribution >= 0.6 is 0 Å². The minimum atomic E-state index is -1.41. The number of ether oxygens (including phenoxy) is 1. The molecule has 1 atom stereocenters. The monoisotopic (exact) mass is 339 g/mol. The van der Waals surface area contributed by atoms with Crippen molar-refractivity contribution in [3.63, 3.8) is 0 Å². The van der Waals surface area contributed by atoms with Gasteiger partial charge < -0.3 is 10.1 Å². The molecule has 0 saturated carbocycles. The minimum absolute atomic E-state index is 0.0980. The third kappa shape index (κ3) is 3.95. The Balaban J connectivity index is 2.00. The molecule has 1 amide bonds. The summed E-state index contributed by atoms with van der Waals surface area (Å²) in [6.07, 6.45) is 1.39. The van der Waals surface area contributed by atoms with Gasteiger partial charge in [0.25, 0.3) is 5.91 Å². The van der Waals surface area contributed by atoms with Crippen LogP contribution in [0.25, 0.3) is 0 Å². The Morgan fingerprint density at radius 2 is 2.13 bits per heavy atom. The first-order chi connectivity index (χ1) is 10.8. The lowest BCUT2D eigenvalue weighted by molar-refractivity contribution is -0.118. The van der Waals surface area contributed by atoms with Crippen LogP contribution in [0.2, 0.25) is 0 Å². The first-order valence-electron chi connectivity index (χ1n) is 6.85. The number of amides is 1. The number of rotatable bonds is 5. The quantitative estimate of drug-likeness (QED) is 0.903. The van der Waals surface area contributed by atoms with Crippen LogP contribution in [0, 0.1) is 19.7 Å². The summed E-state index contributed by atoms with van der Waals surface area (Å²) >= 11 is 0. The lowest BCUT2D eigenvalue weighted by Gasteiger charge is -2.09. The largest absolute Gasteiger partial charge is 0.480 e. The van der Waals surface area contributed by atoms with Gasteiger partial charge in [0.2, 0.25) is 0 Å². The fourth-order valence-electron chi connectivity index (χ4n) is 2.11. The number of carbonyl (C=O) groups is 1. The zero-order chi connectivity index (χ0) is 17.1. The SMILES string of the molecule is Cc1nn(C)c(C)c1OCC(=O)Nc1ccc([S@](C)=O)c(F)c1. The van der Waals surface area contributed by atoms with Crippen LogP contribution in [-0.4, -0.2) is 32.8 Å². The Kier molecular flexibility index (Phi) is 5.15. The van der Waals surface area contributed by atoms with Crippen molar-refractivity contribution in [3.8, 4) is 5.75 Å². The van der Waals surface area contributed by atoms with E-state index in [1.807, 2.05) is 6.92 Å². The maximum Gasteiger partial charge on any atom is 0.262 e. The molecular formula is C15H18FN3O3S. The molecule has 0 fully saturated rings. The third-order valence-electron chi connectivity index (χ3n) is 3.32. The number of carbonyl (C=O) groups excluding carboxylic acids is 1. The summed E-state index contributed by atoms with van der Waals surface area (Å²) in [5.41, 5.74) is 1.79. The van der Waals surface area contributed by atoms with Crippen molar-refractivity contribution in [1.29, 1.82) is 0 Å². The van der Waals surface area contributed by atoms with Crippen LogP contribution in [-0.2, 0) is 22.6 Å². The number of aromatic nitrogens is 2. The van der Waals surface area contributed by atoms with E-state index in [1.54, 1.807) is 18.7 Å². The minimum Gasteiger partial charge on any atom is -0.480 e. The van der Waals surface area contributed by atoms with Crippen LogP contribution in [0.15, 0.2) is 23.1 Å². The molecule has 0 aliphatic heterocycles. The second-order valence-corrected chi connectivity index (χ2v) is 6.41. The van der Waals surface area contributed by atoms with E-state index in [1.165, 1.54) is 18.4 Å². The van der Waals surface area contributed by atoms with E-state index < -0.39 is 22.5 Å². The number of nitrogens with zero attached hydrogens (tertiary/aromatic N) is 2. The zero-order valence-corrected chi connectivity index (χ0v) is 14.2. The molecule has 6 nitrogen and oxygen atoms in total. The number of hydrogen-bond acceptors (Lipinski definition) is 4. The summed E-state index contributed by atoms with van der Waals surface area (Å²) in [5, 5.41) is 6.73. The normalized spacial score (nSPS) is 12.0. The second-order valence-electron chi connectivity index (χ2n) is 5.06. The first-order valence-corrected chi connectivity index (χ1v) is 8.41. The topological polar surface area (TPSA) is 73.2 Å². The summed E-state index contributed by atoms with van der Waals surface area (Å²) < 4.78 is 32.1. The van der Waals surface area contributed by atoms with Crippen LogP contribution < -0.4 is 10.1 Å². The average Bonchev–Trinajstić information content (AvgIpc) is 2.70. The Bertz CT molecular complexity index is 774. The van der Waals surface area contributed by atoms with Crippen LogP contribution in [0.1, 0.15) is 11.4 Å². The Hall–Kier alpha value is -2.22. The van der Waals surface area contributed by atoms with Crippen molar-refractivity contribution >= 4 is 22.4 Å². The predicted molar refractivity (Wildman–Crippen MR) is 85.5 cm³/mol. The van der Waals surface area contributed by atoms with Gasteiger partial charge in [-0.15, -0.1) is 0 Å². The number of nitrogens with one attached hydrogen (secondary N) is 1. The molecule has 2 aromatic rings. The van der Waals surface area contributed by atoms with Crippen molar-refractivity contribution in [3.05, 3.63) is 35.4 Å². The van der Waals surface area contributed by atoms with Gasteiger partial charge in [0.1, 0.15) is 11.5 Å². The van der Waals surface area contributed by atoms with E-state index in [4.69, 9.17) is 4.74 Å². The Morgan fingerprint density at radius 1 is 1.43 bits per heavy atom. The van der Waals surface area contributed by atoms with Gasteiger partial charge in [-0.3, -0.25) is 13.7 Å². The van der Waals surface area contributed by atoms with Gasteiger partial charge in [-0.25, -0.2) is 4.39 Å². The standard InChI is InChI=1S/C15H18FN3O3S/c1-9-15(10(2)19(3)18-9)22-8-14(20)17-11-5-6-13(23(4)21)12(16)7-11/h5-7H,8H2,1-4H3,(H,17,20)/t23-/m0/s1. The van der Waals surface area contributed by atoms with Crippen LogP contribution in [0.3, 0.4) is 0 Å². The fourth-order valence-corrected chi connectivity index (χ4v) is 2.70. The summed E-state index contributed by atoms with van der Waals surface area (Å²) in [5.74, 6) is -0.480. The van der Waals surface area contributed by atoms with Crippen molar-refractivity contribution < 1.29 is 18.1 Å². The lowest BCUT2D eigenvalue weighted by Crippen LogP contribution is -2.20. The van der Waals surface area contributed by atoms with Crippen LogP contribution in [0.4, 0.5) is 10.1 Å². The average molecular weight is 339 g/mol. The molecule has 124 valence electrons. The zero-order valence-electron chi connectivity index (χ0n) is 13.3. The van der Waals surface area contributed by atoms with Gasteiger partial charge in [-0.2, -0.15) is 5.10 Å². The van der Waals surface area contributed by atoms with Crippen molar-refractivity contribution in [2.75, 3.05) is 18.2 Å². The molecule has 1 heterocycles. The molecule has 0 unspecified atom stereocenters. The summed E-state index contributed by atoms with van der Waals surface area (Å²) in [4.78, 5) is 12.0. The summed E-state index contributed by atoms with van der Waals surface area (Å²) in [6, 6.07) is 4.02. The van der Waals surface area contributed by atoms with E-state index in [0.29, 0.717) is 11.4 Å². The first kappa shape index (κ1) is 17.1. The van der Waals surface area contributed by atoms with Crippen molar-refractivity contribution in [1.82, 2.24) is 9.78 Å². The van der Waals surface area contributed by atoms with Gasteiger partial charge in [-0.1, -0.05) is 0 Å². The maximum atomic E-state index is 13.7. The highest BCUT2D eigenvalue weighted by molar-refractivity contribution is 7.84. The number of anilines is 1. The van der Waals surface area contributed by atoms with Gasteiger partial charge in [0, 0.05) is 19.0 Å². The molecular weight excluding hydrogens is 321 g/mol. The second kappa shape index (κ2) is 6.91. The predicted octanol–water partition coefficient (Wildman–Crippen LogP) is 1.93. The van der Waals surface area contributed by atoms with E-state index in [2.05, 4.69) is 10.4 Å². The molecule has 2 rings (SSSR count). The van der Waals surface area contributed by atoms with E-state index in [0.717, 1.165) is 11.8 Å². The van der Waals surface area contributed by atoms with Gasteiger partial charge in [0.15, 0.2) is 12.4 Å². The van der Waals surface area contributed by atoms with E-state index in [9.17, 15) is 13.4 Å². The van der Waals surface area contributed by atoms with E-state index >= 15 is 0 Å². The molecule has 1 aromatic carbocycles. The molecule has 0 radical (unpaired) electrons. The van der Waals surface area contributed by atoms with Gasteiger partial charge in [0.05, 0.1) is 21.4 Å². The van der Waals surface area contributed by atoms with Crippen molar-refractivity contribution in [2.45, 2.75) is 18.7 Å². The molecule has 0 aliphatic rings. The van der Waals surface area contributed by atoms with Gasteiger partial charge in [-0.05, 0) is 32.0 Å². The number of benzene rings is 1. The summed E-state index contributed by atoms with van der Waals surface area (Å²) in [6.45, 7) is 3.42. The highest BCUT2D eigenvalue weighted by Gasteiger charge is 2.13. The summed E-state index contributed by atoms with van der Waals surface area (Å²) in [7, 11) is 0.375. The molecule has 0 saturated heterocycles.